The molecule has 2 rings (SSSR count). The van der Waals surface area contributed by atoms with Gasteiger partial charge in [-0.3, -0.25) is 14.3 Å². The van der Waals surface area contributed by atoms with E-state index in [1.54, 1.807) is 0 Å². The molecule has 0 unspecified atom stereocenters. The highest BCUT2D eigenvalue weighted by Crippen LogP contribution is 2.36. The van der Waals surface area contributed by atoms with E-state index >= 15 is 0 Å². The summed E-state index contributed by atoms with van der Waals surface area (Å²) in [5.41, 5.74) is -0.00732. The molecule has 0 radical (unpaired) electrons. The maximum Gasteiger partial charge on any atom is 0.269 e. The molecular formula is C16H23NO4S. The molecule has 0 N–H and O–H groups in total. The summed E-state index contributed by atoms with van der Waals surface area (Å²) >= 11 is -1.58. The van der Waals surface area contributed by atoms with E-state index in [0.29, 0.717) is 22.6 Å². The van der Waals surface area contributed by atoms with E-state index in [1.165, 1.54) is 30.7 Å². The third kappa shape index (κ3) is 4.14. The van der Waals surface area contributed by atoms with Crippen molar-refractivity contribution in [1.29, 1.82) is 0 Å². The highest BCUT2D eigenvalue weighted by atomic mass is 32.2. The first-order valence-electron chi connectivity index (χ1n) is 7.71. The first kappa shape index (κ1) is 17.1. The number of hydrogen-bond donors (Lipinski definition) is 0. The van der Waals surface area contributed by atoms with Gasteiger partial charge in [-0.25, -0.2) is 4.21 Å². The third-order valence-corrected chi connectivity index (χ3v) is 5.49. The molecule has 0 spiro atoms. The van der Waals surface area contributed by atoms with Crippen molar-refractivity contribution in [2.24, 2.45) is 17.8 Å². The fraction of sp³-hybridized carbons (Fsp3) is 0.625. The van der Waals surface area contributed by atoms with Crippen LogP contribution in [0.2, 0.25) is 0 Å². The first-order valence-corrected chi connectivity index (χ1v) is 8.79. The Morgan fingerprint density at radius 3 is 2.45 bits per heavy atom. The van der Waals surface area contributed by atoms with Gasteiger partial charge >= 0.3 is 0 Å². The van der Waals surface area contributed by atoms with Crippen molar-refractivity contribution in [1.82, 2.24) is 0 Å². The molecule has 1 aromatic rings. The molecule has 6 heteroatoms. The molecule has 1 saturated carbocycles. The third-order valence-electron chi connectivity index (χ3n) is 4.41. The molecule has 1 aliphatic carbocycles. The molecule has 0 aliphatic heterocycles. The molecule has 0 saturated heterocycles. The van der Waals surface area contributed by atoms with E-state index in [9.17, 15) is 14.3 Å². The lowest BCUT2D eigenvalue weighted by Gasteiger charge is -2.36. The zero-order valence-electron chi connectivity index (χ0n) is 13.2. The highest BCUT2D eigenvalue weighted by molar-refractivity contribution is 7.80. The molecule has 5 nitrogen and oxygen atoms in total. The number of nitrogens with zero attached hydrogens (tertiary/aromatic N) is 1. The van der Waals surface area contributed by atoms with E-state index in [0.717, 1.165) is 12.8 Å². The van der Waals surface area contributed by atoms with Gasteiger partial charge in [0.15, 0.2) is 11.1 Å². The van der Waals surface area contributed by atoms with Gasteiger partial charge in [0, 0.05) is 12.1 Å². The van der Waals surface area contributed by atoms with Crippen LogP contribution in [0.1, 0.15) is 40.0 Å². The molecule has 0 amide bonds. The van der Waals surface area contributed by atoms with Crippen LogP contribution in [0.15, 0.2) is 29.2 Å². The van der Waals surface area contributed by atoms with Gasteiger partial charge in [-0.05, 0) is 42.7 Å². The average molecular weight is 325 g/mol. The molecular weight excluding hydrogens is 302 g/mol. The van der Waals surface area contributed by atoms with Gasteiger partial charge in [-0.1, -0.05) is 27.2 Å². The Bertz CT molecular complexity index is 544. The fourth-order valence-corrected chi connectivity index (χ4v) is 3.99. The smallest absolute Gasteiger partial charge is 0.269 e. The first-order chi connectivity index (χ1) is 10.4. The van der Waals surface area contributed by atoms with E-state index < -0.39 is 16.0 Å². The Kier molecular flexibility index (Phi) is 5.69. The quantitative estimate of drug-likeness (QED) is 0.604. The lowest BCUT2D eigenvalue weighted by Crippen LogP contribution is -2.34. The second-order valence-electron chi connectivity index (χ2n) is 6.45. The SMILES string of the molecule is CC(C)[C@@H]1CC[C@@H](C)C[C@H]1O[S@](=O)c1ccc([N+](=O)[O-])cc1. The van der Waals surface area contributed by atoms with Crippen molar-refractivity contribution in [2.75, 3.05) is 0 Å². The predicted octanol–water partition coefficient (Wildman–Crippen LogP) is 4.09. The predicted molar refractivity (Wildman–Crippen MR) is 85.7 cm³/mol. The van der Waals surface area contributed by atoms with Gasteiger partial charge in [0.2, 0.25) is 0 Å². The molecule has 4 atom stereocenters. The van der Waals surface area contributed by atoms with Gasteiger partial charge in [0.25, 0.3) is 5.69 Å². The van der Waals surface area contributed by atoms with E-state index in [2.05, 4.69) is 20.8 Å². The Balaban J connectivity index is 2.07. The molecule has 0 bridgehead atoms. The van der Waals surface area contributed by atoms with E-state index in [-0.39, 0.29) is 11.8 Å². The van der Waals surface area contributed by atoms with E-state index in [4.69, 9.17) is 4.18 Å². The van der Waals surface area contributed by atoms with Crippen LogP contribution in [0.3, 0.4) is 0 Å². The topological polar surface area (TPSA) is 69.4 Å². The van der Waals surface area contributed by atoms with Crippen LogP contribution in [-0.4, -0.2) is 15.2 Å². The second kappa shape index (κ2) is 7.33. The van der Waals surface area contributed by atoms with Crippen molar-refractivity contribution in [3.05, 3.63) is 34.4 Å². The van der Waals surface area contributed by atoms with Crippen LogP contribution in [0, 0.1) is 27.9 Å². The fourth-order valence-electron chi connectivity index (χ4n) is 3.07. The van der Waals surface area contributed by atoms with Crippen molar-refractivity contribution < 1.29 is 13.3 Å². The Morgan fingerprint density at radius 1 is 1.27 bits per heavy atom. The largest absolute Gasteiger partial charge is 0.283 e. The van der Waals surface area contributed by atoms with Gasteiger partial charge in [-0.2, -0.15) is 0 Å². The molecule has 1 aromatic carbocycles. The van der Waals surface area contributed by atoms with Crippen LogP contribution < -0.4 is 0 Å². The zero-order valence-corrected chi connectivity index (χ0v) is 14.0. The zero-order chi connectivity index (χ0) is 16.3. The summed E-state index contributed by atoms with van der Waals surface area (Å²) in [5.74, 6) is 1.48. The van der Waals surface area contributed by atoms with E-state index in [1.807, 2.05) is 0 Å². The maximum atomic E-state index is 12.4. The summed E-state index contributed by atoms with van der Waals surface area (Å²) in [7, 11) is 0. The minimum Gasteiger partial charge on any atom is -0.283 e. The van der Waals surface area contributed by atoms with Crippen LogP contribution in [0.5, 0.6) is 0 Å². The molecule has 0 heterocycles. The standard InChI is InChI=1S/C16H23NO4S/c1-11(2)15-9-4-12(3)10-16(15)21-22(20)14-7-5-13(6-8-14)17(18)19/h5-8,11-12,15-16H,4,9-10H2,1-3H3/t12-,15+,16-,22+/m1/s1. The van der Waals surface area contributed by atoms with Crippen LogP contribution in [0.4, 0.5) is 5.69 Å². The van der Waals surface area contributed by atoms with Crippen LogP contribution >= 0.6 is 0 Å². The summed E-state index contributed by atoms with van der Waals surface area (Å²) < 4.78 is 18.2. The summed E-state index contributed by atoms with van der Waals surface area (Å²) in [6.07, 6.45) is 3.19. The minimum atomic E-state index is -1.58. The Morgan fingerprint density at radius 2 is 1.91 bits per heavy atom. The van der Waals surface area contributed by atoms with Gasteiger partial charge in [-0.15, -0.1) is 0 Å². The van der Waals surface area contributed by atoms with Gasteiger partial charge in [0.1, 0.15) is 0 Å². The normalized spacial score (nSPS) is 26.8. The van der Waals surface area contributed by atoms with Crippen LogP contribution in [0.25, 0.3) is 0 Å². The molecule has 122 valence electrons. The minimum absolute atomic E-state index is 0.00732. The molecule has 0 aromatic heterocycles. The average Bonchev–Trinajstić information content (AvgIpc) is 2.47. The van der Waals surface area contributed by atoms with Crippen molar-refractivity contribution in [3.8, 4) is 0 Å². The number of non-ortho nitro benzene ring substituents is 1. The number of benzene rings is 1. The molecule has 1 aliphatic rings. The van der Waals surface area contributed by atoms with Gasteiger partial charge in [0.05, 0.1) is 15.9 Å². The lowest BCUT2D eigenvalue weighted by atomic mass is 9.75. The summed E-state index contributed by atoms with van der Waals surface area (Å²) in [6, 6.07) is 5.73. The number of nitro benzene ring substituents is 1. The molecule has 1 fully saturated rings. The highest BCUT2D eigenvalue weighted by Gasteiger charge is 2.33. The second-order valence-corrected chi connectivity index (χ2v) is 7.58. The van der Waals surface area contributed by atoms with Gasteiger partial charge < -0.3 is 0 Å². The number of hydrogen-bond acceptors (Lipinski definition) is 4. The van der Waals surface area contributed by atoms with Crippen molar-refractivity contribution >= 4 is 16.8 Å². The Hall–Kier alpha value is -1.27. The number of rotatable bonds is 5. The molecule has 22 heavy (non-hydrogen) atoms. The lowest BCUT2D eigenvalue weighted by molar-refractivity contribution is -0.384. The Labute approximate surface area is 133 Å². The summed E-state index contributed by atoms with van der Waals surface area (Å²) in [5, 5.41) is 10.7. The monoisotopic (exact) mass is 325 g/mol. The van der Waals surface area contributed by atoms with Crippen molar-refractivity contribution in [2.45, 2.75) is 51.0 Å². The summed E-state index contributed by atoms with van der Waals surface area (Å²) in [4.78, 5) is 10.7. The van der Waals surface area contributed by atoms with Crippen LogP contribution in [-0.2, 0) is 15.3 Å². The van der Waals surface area contributed by atoms with Crippen molar-refractivity contribution in [3.63, 3.8) is 0 Å². The number of nitro groups is 1. The maximum absolute atomic E-state index is 12.4. The summed E-state index contributed by atoms with van der Waals surface area (Å²) in [6.45, 7) is 6.54.